The van der Waals surface area contributed by atoms with E-state index >= 15 is 0 Å². The highest BCUT2D eigenvalue weighted by Crippen LogP contribution is 2.02. The minimum absolute atomic E-state index is 0.0824. The lowest BCUT2D eigenvalue weighted by Crippen LogP contribution is -2.46. The van der Waals surface area contributed by atoms with E-state index in [0.29, 0.717) is 13.1 Å². The maximum atomic E-state index is 11.9. The summed E-state index contributed by atoms with van der Waals surface area (Å²) in [6.45, 7) is 2.87. The topological polar surface area (TPSA) is 75.2 Å². The normalized spacial score (nSPS) is 15.9. The van der Waals surface area contributed by atoms with E-state index in [1.165, 1.54) is 12.3 Å². The third-order valence-electron chi connectivity index (χ3n) is 2.37. The lowest BCUT2D eigenvalue weighted by molar-refractivity contribution is 0.0729. The van der Waals surface area contributed by atoms with Gasteiger partial charge in [-0.15, -0.1) is 0 Å². The summed E-state index contributed by atoms with van der Waals surface area (Å²) in [5.74, 6) is -0.249. The number of aromatic nitrogens is 2. The van der Waals surface area contributed by atoms with Gasteiger partial charge in [-0.1, -0.05) is 0 Å². The Morgan fingerprint density at radius 2 is 2.19 bits per heavy atom. The quantitative estimate of drug-likeness (QED) is 0.689. The molecule has 0 aliphatic carbocycles. The summed E-state index contributed by atoms with van der Waals surface area (Å²) in [6.07, 6.45) is 2.96. The maximum Gasteiger partial charge on any atom is 0.274 e. The van der Waals surface area contributed by atoms with Crippen molar-refractivity contribution in [3.05, 3.63) is 23.8 Å². The van der Waals surface area contributed by atoms with E-state index in [-0.39, 0.29) is 17.4 Å². The standard InChI is InChI=1S/C10H11N4O2/c15-7-9-12-2-1-8(13-9)10(16)14-5-3-11-4-6-14/h1-2,11H,3-6H2. The molecule has 1 aliphatic rings. The largest absolute Gasteiger partial charge is 0.335 e. The summed E-state index contributed by atoms with van der Waals surface area (Å²) >= 11 is 0. The molecule has 16 heavy (non-hydrogen) atoms. The van der Waals surface area contributed by atoms with E-state index in [1.807, 2.05) is 0 Å². The van der Waals surface area contributed by atoms with Gasteiger partial charge in [-0.3, -0.25) is 9.59 Å². The van der Waals surface area contributed by atoms with Crippen LogP contribution in [0.5, 0.6) is 0 Å². The molecule has 1 aromatic heterocycles. The average molecular weight is 219 g/mol. The third kappa shape index (κ3) is 2.22. The molecule has 0 saturated carbocycles. The van der Waals surface area contributed by atoms with Gasteiger partial charge in [0.25, 0.3) is 12.2 Å². The fourth-order valence-electron chi connectivity index (χ4n) is 1.56. The van der Waals surface area contributed by atoms with Crippen molar-refractivity contribution in [1.29, 1.82) is 0 Å². The molecule has 1 aliphatic heterocycles. The van der Waals surface area contributed by atoms with Crippen molar-refractivity contribution in [3.8, 4) is 0 Å². The molecular formula is C10H11N4O2. The summed E-state index contributed by atoms with van der Waals surface area (Å²) in [6, 6.07) is 1.51. The van der Waals surface area contributed by atoms with Crippen molar-refractivity contribution >= 4 is 12.2 Å². The Bertz CT molecular complexity index is 402. The van der Waals surface area contributed by atoms with Crippen molar-refractivity contribution in [2.45, 2.75) is 0 Å². The molecule has 1 aromatic rings. The Balaban J connectivity index is 2.15. The molecule has 1 fully saturated rings. The number of amides is 1. The molecule has 2 rings (SSSR count). The monoisotopic (exact) mass is 219 g/mol. The number of carbonyl (C=O) groups excluding carboxylic acids is 2. The van der Waals surface area contributed by atoms with Gasteiger partial charge in [0.1, 0.15) is 5.69 Å². The van der Waals surface area contributed by atoms with Gasteiger partial charge in [0.15, 0.2) is 0 Å². The number of hydrogen-bond acceptors (Lipinski definition) is 5. The molecule has 1 radical (unpaired) electrons. The summed E-state index contributed by atoms with van der Waals surface area (Å²) in [5, 5.41) is 3.15. The van der Waals surface area contributed by atoms with Crippen molar-refractivity contribution < 1.29 is 9.59 Å². The first-order chi connectivity index (χ1) is 7.81. The first-order valence-electron chi connectivity index (χ1n) is 5.02. The zero-order valence-electron chi connectivity index (χ0n) is 8.64. The second-order valence-electron chi connectivity index (χ2n) is 3.41. The van der Waals surface area contributed by atoms with Crippen molar-refractivity contribution in [2.75, 3.05) is 26.2 Å². The van der Waals surface area contributed by atoms with Crippen LogP contribution < -0.4 is 5.32 Å². The molecule has 6 nitrogen and oxygen atoms in total. The molecule has 6 heteroatoms. The average Bonchev–Trinajstić information content (AvgIpc) is 2.39. The zero-order chi connectivity index (χ0) is 11.4. The Morgan fingerprint density at radius 3 is 2.88 bits per heavy atom. The Morgan fingerprint density at radius 1 is 1.44 bits per heavy atom. The highest BCUT2D eigenvalue weighted by Gasteiger charge is 2.19. The summed E-state index contributed by atoms with van der Waals surface area (Å²) in [7, 11) is 0. The number of carbonyl (C=O) groups is 1. The number of hydrogen-bond donors (Lipinski definition) is 1. The Kier molecular flexibility index (Phi) is 3.21. The SMILES string of the molecule is O=[C]c1nccc(C(=O)N2CCNCC2)n1. The van der Waals surface area contributed by atoms with Gasteiger partial charge in [-0.25, -0.2) is 9.97 Å². The highest BCUT2D eigenvalue weighted by atomic mass is 16.2. The predicted molar refractivity (Wildman–Crippen MR) is 55.6 cm³/mol. The second-order valence-corrected chi connectivity index (χ2v) is 3.41. The zero-order valence-corrected chi connectivity index (χ0v) is 8.64. The van der Waals surface area contributed by atoms with Crippen LogP contribution in [0.2, 0.25) is 0 Å². The molecule has 0 atom stereocenters. The van der Waals surface area contributed by atoms with E-state index in [1.54, 1.807) is 11.2 Å². The Labute approximate surface area is 92.7 Å². The van der Waals surface area contributed by atoms with Crippen LogP contribution in [0.3, 0.4) is 0 Å². The minimum Gasteiger partial charge on any atom is -0.335 e. The van der Waals surface area contributed by atoms with Gasteiger partial charge in [0, 0.05) is 32.4 Å². The molecule has 2 heterocycles. The number of piperazine rings is 1. The predicted octanol–water partition coefficient (Wildman–Crippen LogP) is -1.02. The third-order valence-corrected chi connectivity index (χ3v) is 2.37. The van der Waals surface area contributed by atoms with Crippen LogP contribution in [0.15, 0.2) is 12.3 Å². The molecule has 0 aromatic carbocycles. The van der Waals surface area contributed by atoms with Crippen LogP contribution in [-0.2, 0) is 4.79 Å². The van der Waals surface area contributed by atoms with E-state index in [2.05, 4.69) is 15.3 Å². The molecular weight excluding hydrogens is 208 g/mol. The number of nitrogens with one attached hydrogen (secondary N) is 1. The smallest absolute Gasteiger partial charge is 0.274 e. The van der Waals surface area contributed by atoms with Crippen LogP contribution in [0.25, 0.3) is 0 Å². The fourth-order valence-corrected chi connectivity index (χ4v) is 1.56. The lowest BCUT2D eigenvalue weighted by Gasteiger charge is -2.26. The van der Waals surface area contributed by atoms with Gasteiger partial charge >= 0.3 is 0 Å². The second kappa shape index (κ2) is 4.80. The summed E-state index contributed by atoms with van der Waals surface area (Å²) in [4.78, 5) is 31.5. The molecule has 1 N–H and O–H groups in total. The highest BCUT2D eigenvalue weighted by molar-refractivity contribution is 5.92. The minimum atomic E-state index is -0.166. The van der Waals surface area contributed by atoms with E-state index in [4.69, 9.17) is 0 Å². The van der Waals surface area contributed by atoms with Crippen LogP contribution in [0.4, 0.5) is 0 Å². The molecule has 1 amide bonds. The first-order valence-corrected chi connectivity index (χ1v) is 5.02. The van der Waals surface area contributed by atoms with Crippen LogP contribution in [0.1, 0.15) is 16.3 Å². The van der Waals surface area contributed by atoms with Crippen LogP contribution in [-0.4, -0.2) is 53.2 Å². The van der Waals surface area contributed by atoms with Gasteiger partial charge in [-0.2, -0.15) is 0 Å². The van der Waals surface area contributed by atoms with E-state index in [9.17, 15) is 9.59 Å². The summed E-state index contributed by atoms with van der Waals surface area (Å²) < 4.78 is 0. The number of nitrogens with zero attached hydrogens (tertiary/aromatic N) is 3. The lowest BCUT2D eigenvalue weighted by atomic mass is 10.3. The van der Waals surface area contributed by atoms with Crippen molar-refractivity contribution in [1.82, 2.24) is 20.2 Å². The van der Waals surface area contributed by atoms with Crippen LogP contribution >= 0.6 is 0 Å². The van der Waals surface area contributed by atoms with Gasteiger partial charge in [-0.05, 0) is 6.07 Å². The molecule has 0 bridgehead atoms. The number of rotatable bonds is 2. The van der Waals surface area contributed by atoms with Crippen LogP contribution in [0, 0.1) is 0 Å². The van der Waals surface area contributed by atoms with Gasteiger partial charge < -0.3 is 10.2 Å². The molecule has 1 saturated heterocycles. The maximum absolute atomic E-state index is 11.9. The van der Waals surface area contributed by atoms with E-state index in [0.717, 1.165) is 13.1 Å². The Hall–Kier alpha value is -1.82. The van der Waals surface area contributed by atoms with Gasteiger partial charge in [0.05, 0.1) is 0 Å². The summed E-state index contributed by atoms with van der Waals surface area (Å²) in [5.41, 5.74) is 0.246. The molecule has 0 unspecified atom stereocenters. The van der Waals surface area contributed by atoms with Gasteiger partial charge in [0.2, 0.25) is 5.82 Å². The van der Waals surface area contributed by atoms with E-state index < -0.39 is 0 Å². The van der Waals surface area contributed by atoms with Crippen molar-refractivity contribution in [2.24, 2.45) is 0 Å². The fraction of sp³-hybridized carbons (Fsp3) is 0.400. The molecule has 83 valence electrons. The first kappa shape index (κ1) is 10.7. The van der Waals surface area contributed by atoms with Crippen molar-refractivity contribution in [3.63, 3.8) is 0 Å². The molecule has 0 spiro atoms.